The molecule has 1 N–H and O–H groups in total. The molecule has 1 atom stereocenters. The normalized spacial score (nSPS) is 18.6. The molecule has 1 saturated heterocycles. The van der Waals surface area contributed by atoms with Crippen LogP contribution in [0.25, 0.3) is 0 Å². The second-order valence-electron chi connectivity index (χ2n) is 6.36. The number of hydrogen-bond donors (Lipinski definition) is 1. The number of rotatable bonds is 6. The monoisotopic (exact) mass is 416 g/mol. The van der Waals surface area contributed by atoms with Gasteiger partial charge in [0.05, 0.1) is 17.3 Å². The Bertz CT molecular complexity index is 942. The number of hydrogen-bond acceptors (Lipinski definition) is 6. The molecule has 0 saturated carbocycles. The van der Waals surface area contributed by atoms with Crippen molar-refractivity contribution in [1.82, 2.24) is 14.8 Å². The Labute approximate surface area is 159 Å². The van der Waals surface area contributed by atoms with Crippen LogP contribution in [0.1, 0.15) is 12.2 Å². The van der Waals surface area contributed by atoms with Crippen molar-refractivity contribution in [1.29, 1.82) is 0 Å². The Morgan fingerprint density at radius 1 is 1.33 bits per heavy atom. The summed E-state index contributed by atoms with van der Waals surface area (Å²) in [5.41, 5.74) is -0.482. The van der Waals surface area contributed by atoms with Crippen LogP contribution >= 0.6 is 11.8 Å². The van der Waals surface area contributed by atoms with Crippen LogP contribution in [0.3, 0.4) is 0 Å². The van der Waals surface area contributed by atoms with E-state index < -0.39 is 33.1 Å². The molecule has 7 nitrogen and oxygen atoms in total. The summed E-state index contributed by atoms with van der Waals surface area (Å²) in [6.07, 6.45) is 1.10. The molecule has 11 heteroatoms. The van der Waals surface area contributed by atoms with Crippen LogP contribution in [0.4, 0.5) is 14.5 Å². The molecule has 1 fully saturated rings. The lowest BCUT2D eigenvalue weighted by molar-refractivity contribution is -0.113. The Morgan fingerprint density at radius 3 is 2.67 bits per heavy atom. The molecule has 0 aliphatic carbocycles. The molecule has 0 unspecified atom stereocenters. The number of sulfone groups is 1. The minimum atomic E-state index is -2.96. The van der Waals surface area contributed by atoms with E-state index in [0.717, 1.165) is 23.9 Å². The number of anilines is 1. The Balaban J connectivity index is 1.57. The summed E-state index contributed by atoms with van der Waals surface area (Å²) in [5, 5.41) is 10.7. The van der Waals surface area contributed by atoms with Crippen LogP contribution in [0, 0.1) is 17.6 Å². The molecule has 1 amide bonds. The van der Waals surface area contributed by atoms with Crippen molar-refractivity contribution in [3.8, 4) is 0 Å². The van der Waals surface area contributed by atoms with E-state index in [1.165, 1.54) is 6.07 Å². The van der Waals surface area contributed by atoms with Crippen molar-refractivity contribution < 1.29 is 22.0 Å². The van der Waals surface area contributed by atoms with Gasteiger partial charge in [-0.3, -0.25) is 4.79 Å². The van der Waals surface area contributed by atoms with E-state index in [1.54, 1.807) is 11.6 Å². The van der Waals surface area contributed by atoms with Crippen molar-refractivity contribution in [2.75, 3.05) is 22.6 Å². The first-order valence-electron chi connectivity index (χ1n) is 8.20. The topological polar surface area (TPSA) is 93.9 Å². The summed E-state index contributed by atoms with van der Waals surface area (Å²) < 4.78 is 51.9. The lowest BCUT2D eigenvalue weighted by atomic mass is 10.1. The number of thioether (sulfide) groups is 1. The first-order valence-corrected chi connectivity index (χ1v) is 11.0. The Morgan fingerprint density at radius 2 is 2.04 bits per heavy atom. The Hall–Kier alpha value is -2.01. The van der Waals surface area contributed by atoms with Gasteiger partial charge in [-0.25, -0.2) is 17.2 Å². The highest BCUT2D eigenvalue weighted by Gasteiger charge is 2.29. The van der Waals surface area contributed by atoms with E-state index in [4.69, 9.17) is 0 Å². The number of halogens is 2. The lowest BCUT2D eigenvalue weighted by Gasteiger charge is -2.08. The van der Waals surface area contributed by atoms with Gasteiger partial charge in [0.15, 0.2) is 15.0 Å². The quantitative estimate of drug-likeness (QED) is 0.722. The van der Waals surface area contributed by atoms with Crippen molar-refractivity contribution >= 4 is 33.2 Å². The number of nitrogens with one attached hydrogen (secondary N) is 1. The maximum Gasteiger partial charge on any atom is 0.235 e. The number of carbonyl (C=O) groups excluding carboxylic acids is 1. The van der Waals surface area contributed by atoms with Gasteiger partial charge in [0, 0.05) is 13.5 Å². The van der Waals surface area contributed by atoms with Crippen LogP contribution in [0.5, 0.6) is 0 Å². The molecule has 1 aromatic carbocycles. The van der Waals surface area contributed by atoms with Gasteiger partial charge in [-0.05, 0) is 24.5 Å². The van der Waals surface area contributed by atoms with E-state index in [0.29, 0.717) is 23.8 Å². The van der Waals surface area contributed by atoms with E-state index in [-0.39, 0.29) is 23.2 Å². The van der Waals surface area contributed by atoms with Crippen molar-refractivity contribution in [2.45, 2.75) is 18.0 Å². The predicted molar refractivity (Wildman–Crippen MR) is 97.2 cm³/mol. The molecule has 0 bridgehead atoms. The van der Waals surface area contributed by atoms with E-state index >= 15 is 0 Å². The molecular weight excluding hydrogens is 398 g/mol. The summed E-state index contributed by atoms with van der Waals surface area (Å²) in [7, 11) is -1.23. The average Bonchev–Trinajstić information content (AvgIpc) is 3.12. The van der Waals surface area contributed by atoms with Gasteiger partial charge >= 0.3 is 0 Å². The van der Waals surface area contributed by atoms with Gasteiger partial charge in [0.25, 0.3) is 0 Å². The predicted octanol–water partition coefficient (Wildman–Crippen LogP) is 1.80. The fourth-order valence-electron chi connectivity index (χ4n) is 2.86. The number of nitrogens with zero attached hydrogens (tertiary/aromatic N) is 3. The third kappa shape index (κ3) is 4.83. The summed E-state index contributed by atoms with van der Waals surface area (Å²) in [6, 6.07) is 3.33. The van der Waals surface area contributed by atoms with E-state index in [2.05, 4.69) is 15.5 Å². The lowest BCUT2D eigenvalue weighted by Crippen LogP contribution is -2.16. The van der Waals surface area contributed by atoms with Gasteiger partial charge in [0.1, 0.15) is 23.1 Å². The van der Waals surface area contributed by atoms with Gasteiger partial charge in [0.2, 0.25) is 5.91 Å². The van der Waals surface area contributed by atoms with E-state index in [1.807, 2.05) is 0 Å². The molecule has 1 aliphatic heterocycles. The molecule has 1 aliphatic rings. The fraction of sp³-hybridized carbons (Fsp3) is 0.438. The fourth-order valence-corrected chi connectivity index (χ4v) is 5.45. The van der Waals surface area contributed by atoms with E-state index in [9.17, 15) is 22.0 Å². The maximum absolute atomic E-state index is 13.6. The second kappa shape index (κ2) is 7.93. The molecule has 3 rings (SSSR count). The van der Waals surface area contributed by atoms with Crippen molar-refractivity contribution in [3.63, 3.8) is 0 Å². The number of amides is 1. The third-order valence-electron chi connectivity index (χ3n) is 4.28. The standard InChI is InChI=1S/C16H18F2N4O3S2/c1-22-13(7-10-5-6-27(24,25)9-10)20-21-16(22)26-8-14(23)19-15-11(17)3-2-4-12(15)18/h2-4,10H,5-9H2,1H3,(H,19,23)/t10-/m1/s1. The second-order valence-corrected chi connectivity index (χ2v) is 9.54. The zero-order valence-electron chi connectivity index (χ0n) is 14.5. The molecule has 1 aromatic heterocycles. The Kier molecular flexibility index (Phi) is 5.80. The first-order chi connectivity index (χ1) is 12.7. The molecule has 0 radical (unpaired) electrons. The smallest absolute Gasteiger partial charge is 0.235 e. The number of carbonyl (C=O) groups is 1. The minimum absolute atomic E-state index is 0.0167. The largest absolute Gasteiger partial charge is 0.320 e. The van der Waals surface area contributed by atoms with Gasteiger partial charge < -0.3 is 9.88 Å². The minimum Gasteiger partial charge on any atom is -0.320 e. The molecular formula is C16H18F2N4O3S2. The summed E-state index contributed by atoms with van der Waals surface area (Å²) in [5.74, 6) is -1.36. The van der Waals surface area contributed by atoms with Crippen molar-refractivity contribution in [3.05, 3.63) is 35.7 Å². The molecule has 0 spiro atoms. The first kappa shape index (κ1) is 19.7. The molecule has 2 heterocycles. The van der Waals surface area contributed by atoms with Gasteiger partial charge in [-0.2, -0.15) is 0 Å². The highest BCUT2D eigenvalue weighted by atomic mass is 32.2. The maximum atomic E-state index is 13.6. The summed E-state index contributed by atoms with van der Waals surface area (Å²) >= 11 is 1.08. The van der Waals surface area contributed by atoms with Crippen LogP contribution in [0.2, 0.25) is 0 Å². The van der Waals surface area contributed by atoms with Crippen LogP contribution in [-0.2, 0) is 28.1 Å². The number of benzene rings is 1. The number of aromatic nitrogens is 3. The molecule has 146 valence electrons. The summed E-state index contributed by atoms with van der Waals surface area (Å²) in [6.45, 7) is 0. The molecule has 27 heavy (non-hydrogen) atoms. The third-order valence-corrected chi connectivity index (χ3v) is 7.14. The zero-order chi connectivity index (χ0) is 19.6. The number of para-hydroxylation sites is 1. The van der Waals surface area contributed by atoms with Crippen LogP contribution < -0.4 is 5.32 Å². The van der Waals surface area contributed by atoms with Crippen molar-refractivity contribution in [2.24, 2.45) is 13.0 Å². The highest BCUT2D eigenvalue weighted by molar-refractivity contribution is 7.99. The average molecular weight is 416 g/mol. The summed E-state index contributed by atoms with van der Waals surface area (Å²) in [4.78, 5) is 12.0. The van der Waals surface area contributed by atoms with Crippen LogP contribution in [0.15, 0.2) is 23.4 Å². The van der Waals surface area contributed by atoms with Gasteiger partial charge in [-0.15, -0.1) is 10.2 Å². The SMILES string of the molecule is Cn1c(C[C@H]2CCS(=O)(=O)C2)nnc1SCC(=O)Nc1c(F)cccc1F. The zero-order valence-corrected chi connectivity index (χ0v) is 16.1. The highest BCUT2D eigenvalue weighted by Crippen LogP contribution is 2.24. The molecule has 2 aromatic rings. The van der Waals surface area contributed by atoms with Gasteiger partial charge in [-0.1, -0.05) is 17.8 Å². The van der Waals surface area contributed by atoms with Crippen LogP contribution in [-0.4, -0.2) is 46.3 Å².